The third kappa shape index (κ3) is 3.99. The molecule has 3 aromatic carbocycles. The van der Waals surface area contributed by atoms with Crippen LogP contribution in [0.1, 0.15) is 21.6 Å². The minimum atomic E-state index is -0.0876. The maximum Gasteiger partial charge on any atom is 0.255 e. The van der Waals surface area contributed by atoms with E-state index in [-0.39, 0.29) is 5.91 Å². The summed E-state index contributed by atoms with van der Waals surface area (Å²) in [7, 11) is 0. The van der Waals surface area contributed by atoms with Crippen LogP contribution in [0, 0.1) is 0 Å². The average Bonchev–Trinajstić information content (AvgIpc) is 2.84. The Morgan fingerprint density at radius 3 is 2.28 bits per heavy atom. The van der Waals surface area contributed by atoms with Gasteiger partial charge in [0.05, 0.1) is 22.0 Å². The predicted molar refractivity (Wildman–Crippen MR) is 128 cm³/mol. The lowest BCUT2D eigenvalue weighted by molar-refractivity contribution is 0.0734. The Hall–Kier alpha value is -3.21. The maximum atomic E-state index is 13.2. The SMILES string of the molecule is O=C(c1ccccc1Cl)N1CCc2nc(-c3ccccc3)nc(-c3ccc(Cl)cc3)c2C1. The summed E-state index contributed by atoms with van der Waals surface area (Å²) in [5.41, 5.74) is 5.15. The van der Waals surface area contributed by atoms with Crippen molar-refractivity contribution in [2.45, 2.75) is 13.0 Å². The van der Waals surface area contributed by atoms with Gasteiger partial charge in [-0.1, -0.05) is 77.8 Å². The first kappa shape index (κ1) is 20.7. The van der Waals surface area contributed by atoms with E-state index in [4.69, 9.17) is 33.2 Å². The molecule has 0 spiro atoms. The molecule has 0 bridgehead atoms. The molecule has 0 aliphatic carbocycles. The van der Waals surface area contributed by atoms with E-state index in [0.29, 0.717) is 40.9 Å². The van der Waals surface area contributed by atoms with Crippen LogP contribution in [0.5, 0.6) is 0 Å². The molecule has 6 heteroatoms. The summed E-state index contributed by atoms with van der Waals surface area (Å²) >= 11 is 12.4. The minimum Gasteiger partial charge on any atom is -0.334 e. The van der Waals surface area contributed by atoms with Gasteiger partial charge in [0, 0.05) is 41.2 Å². The first-order chi connectivity index (χ1) is 15.6. The van der Waals surface area contributed by atoms with E-state index >= 15 is 0 Å². The summed E-state index contributed by atoms with van der Waals surface area (Å²) in [6.07, 6.45) is 0.647. The molecule has 4 nitrogen and oxygen atoms in total. The molecule has 0 unspecified atom stereocenters. The molecule has 0 saturated carbocycles. The van der Waals surface area contributed by atoms with Crippen molar-refractivity contribution in [3.63, 3.8) is 0 Å². The molecular weight excluding hydrogens is 441 g/mol. The highest BCUT2D eigenvalue weighted by molar-refractivity contribution is 6.33. The Morgan fingerprint density at radius 2 is 1.53 bits per heavy atom. The molecule has 1 amide bonds. The zero-order valence-corrected chi connectivity index (χ0v) is 18.6. The van der Waals surface area contributed by atoms with Crippen LogP contribution in [0.15, 0.2) is 78.9 Å². The molecule has 158 valence electrons. The van der Waals surface area contributed by atoms with Crippen molar-refractivity contribution in [1.82, 2.24) is 14.9 Å². The Labute approximate surface area is 196 Å². The summed E-state index contributed by atoms with van der Waals surface area (Å²) in [4.78, 5) is 24.8. The second kappa shape index (κ2) is 8.73. The molecule has 1 aromatic heterocycles. The number of carbonyl (C=O) groups excluding carboxylic acids is 1. The van der Waals surface area contributed by atoms with E-state index in [1.54, 1.807) is 12.1 Å². The van der Waals surface area contributed by atoms with Crippen molar-refractivity contribution in [3.8, 4) is 22.6 Å². The lowest BCUT2D eigenvalue weighted by atomic mass is 9.98. The van der Waals surface area contributed by atoms with Crippen molar-refractivity contribution in [1.29, 1.82) is 0 Å². The van der Waals surface area contributed by atoms with Crippen molar-refractivity contribution in [2.24, 2.45) is 0 Å². The smallest absolute Gasteiger partial charge is 0.255 e. The van der Waals surface area contributed by atoms with Crippen molar-refractivity contribution in [3.05, 3.63) is 106 Å². The Morgan fingerprint density at radius 1 is 0.812 bits per heavy atom. The monoisotopic (exact) mass is 459 g/mol. The fourth-order valence-electron chi connectivity index (χ4n) is 3.96. The molecule has 0 fully saturated rings. The minimum absolute atomic E-state index is 0.0876. The second-order valence-electron chi connectivity index (χ2n) is 7.65. The molecule has 1 aliphatic heterocycles. The number of halogens is 2. The summed E-state index contributed by atoms with van der Waals surface area (Å²) in [5.74, 6) is 0.593. The number of aromatic nitrogens is 2. The third-order valence-electron chi connectivity index (χ3n) is 5.60. The lowest BCUT2D eigenvalue weighted by Crippen LogP contribution is -2.37. The van der Waals surface area contributed by atoms with Gasteiger partial charge in [0.15, 0.2) is 5.82 Å². The van der Waals surface area contributed by atoms with Gasteiger partial charge in [0.25, 0.3) is 5.91 Å². The van der Waals surface area contributed by atoms with E-state index < -0.39 is 0 Å². The summed E-state index contributed by atoms with van der Waals surface area (Å²) < 4.78 is 0. The molecule has 0 N–H and O–H groups in total. The topological polar surface area (TPSA) is 46.1 Å². The highest BCUT2D eigenvalue weighted by Crippen LogP contribution is 2.32. The number of benzene rings is 3. The fraction of sp³-hybridized carbons (Fsp3) is 0.115. The quantitative estimate of drug-likeness (QED) is 0.360. The molecule has 1 aliphatic rings. The van der Waals surface area contributed by atoms with Crippen LogP contribution in [0.3, 0.4) is 0 Å². The number of rotatable bonds is 3. The zero-order chi connectivity index (χ0) is 22.1. The van der Waals surface area contributed by atoms with Crippen LogP contribution >= 0.6 is 23.2 Å². The number of fused-ring (bicyclic) bond motifs is 1. The van der Waals surface area contributed by atoms with Gasteiger partial charge in [-0.05, 0) is 24.3 Å². The molecule has 2 heterocycles. The number of amides is 1. The standard InChI is InChI=1S/C26H19Cl2N3O/c27-19-12-10-17(11-13-19)24-21-16-31(26(32)20-8-4-5-9-22(20)28)15-14-23(21)29-25(30-24)18-6-2-1-3-7-18/h1-13H,14-16H2. The summed E-state index contributed by atoms with van der Waals surface area (Å²) in [6, 6.07) is 24.7. The van der Waals surface area contributed by atoms with Gasteiger partial charge in [-0.3, -0.25) is 4.79 Å². The summed E-state index contributed by atoms with van der Waals surface area (Å²) in [5, 5.41) is 1.12. The number of carbonyl (C=O) groups is 1. The lowest BCUT2D eigenvalue weighted by Gasteiger charge is -2.30. The van der Waals surface area contributed by atoms with Crippen molar-refractivity contribution < 1.29 is 4.79 Å². The molecule has 5 rings (SSSR count). The van der Waals surface area contributed by atoms with Gasteiger partial charge < -0.3 is 4.90 Å². The Balaban J connectivity index is 1.59. The largest absolute Gasteiger partial charge is 0.334 e. The van der Waals surface area contributed by atoms with E-state index in [0.717, 1.165) is 28.1 Å². The van der Waals surface area contributed by atoms with E-state index in [9.17, 15) is 4.79 Å². The molecule has 32 heavy (non-hydrogen) atoms. The second-order valence-corrected chi connectivity index (χ2v) is 8.49. The number of hydrogen-bond acceptors (Lipinski definition) is 3. The molecular formula is C26H19Cl2N3O. The van der Waals surface area contributed by atoms with Gasteiger partial charge >= 0.3 is 0 Å². The van der Waals surface area contributed by atoms with Crippen LogP contribution in [0.25, 0.3) is 22.6 Å². The predicted octanol–water partition coefficient (Wildman–Crippen LogP) is 6.32. The number of nitrogens with zero attached hydrogens (tertiary/aromatic N) is 3. The normalized spacial score (nSPS) is 13.0. The highest BCUT2D eigenvalue weighted by atomic mass is 35.5. The van der Waals surface area contributed by atoms with Crippen LogP contribution in [-0.2, 0) is 13.0 Å². The van der Waals surface area contributed by atoms with E-state index in [1.165, 1.54) is 0 Å². The highest BCUT2D eigenvalue weighted by Gasteiger charge is 2.27. The molecule has 0 saturated heterocycles. The van der Waals surface area contributed by atoms with Gasteiger partial charge in [0.2, 0.25) is 0 Å². The van der Waals surface area contributed by atoms with E-state index in [1.807, 2.05) is 71.6 Å². The third-order valence-corrected chi connectivity index (χ3v) is 6.18. The van der Waals surface area contributed by atoms with Crippen LogP contribution in [0.2, 0.25) is 10.0 Å². The maximum absolute atomic E-state index is 13.2. The van der Waals surface area contributed by atoms with Gasteiger partial charge in [-0.2, -0.15) is 0 Å². The first-order valence-electron chi connectivity index (χ1n) is 10.3. The van der Waals surface area contributed by atoms with Gasteiger partial charge in [-0.25, -0.2) is 9.97 Å². The van der Waals surface area contributed by atoms with Gasteiger partial charge in [-0.15, -0.1) is 0 Å². The average molecular weight is 460 g/mol. The Bertz CT molecular complexity index is 1290. The zero-order valence-electron chi connectivity index (χ0n) is 17.1. The first-order valence-corrected chi connectivity index (χ1v) is 11.1. The Kier molecular flexibility index (Phi) is 5.64. The van der Waals surface area contributed by atoms with E-state index in [2.05, 4.69) is 0 Å². The molecule has 0 radical (unpaired) electrons. The van der Waals surface area contributed by atoms with Crippen molar-refractivity contribution in [2.75, 3.05) is 6.54 Å². The number of hydrogen-bond donors (Lipinski definition) is 0. The van der Waals surface area contributed by atoms with Crippen LogP contribution in [0.4, 0.5) is 0 Å². The van der Waals surface area contributed by atoms with Gasteiger partial charge in [0.1, 0.15) is 0 Å². The fourth-order valence-corrected chi connectivity index (χ4v) is 4.30. The van der Waals surface area contributed by atoms with Crippen molar-refractivity contribution >= 4 is 29.1 Å². The molecule has 0 atom stereocenters. The van der Waals surface area contributed by atoms with Crippen LogP contribution in [-0.4, -0.2) is 27.3 Å². The summed E-state index contributed by atoms with van der Waals surface area (Å²) in [6.45, 7) is 0.995. The van der Waals surface area contributed by atoms with Crippen LogP contribution < -0.4 is 0 Å². The molecule has 4 aromatic rings.